The Bertz CT molecular complexity index is 997. The van der Waals surface area contributed by atoms with Crippen LogP contribution in [0.3, 0.4) is 0 Å². The molecule has 2 atom stereocenters. The van der Waals surface area contributed by atoms with E-state index in [1.165, 1.54) is 19.1 Å². The molecule has 1 aliphatic heterocycles. The molecule has 3 rings (SSSR count). The van der Waals surface area contributed by atoms with Crippen molar-refractivity contribution in [3.63, 3.8) is 0 Å². The van der Waals surface area contributed by atoms with Gasteiger partial charge in [-0.15, -0.1) is 0 Å². The zero-order valence-corrected chi connectivity index (χ0v) is 17.9. The van der Waals surface area contributed by atoms with Crippen LogP contribution < -0.4 is 14.9 Å². The van der Waals surface area contributed by atoms with E-state index in [0.717, 1.165) is 11.3 Å². The first-order valence-corrected chi connectivity index (χ1v) is 11.0. The molecule has 29 heavy (non-hydrogen) atoms. The van der Waals surface area contributed by atoms with Crippen LogP contribution in [0.1, 0.15) is 26.3 Å². The second-order valence-corrected chi connectivity index (χ2v) is 9.13. The molecule has 1 aliphatic rings. The van der Waals surface area contributed by atoms with E-state index in [1.807, 2.05) is 32.9 Å². The number of ether oxygens (including phenoxy) is 1. The van der Waals surface area contributed by atoms with E-state index < -0.39 is 10.0 Å². The Morgan fingerprint density at radius 2 is 1.72 bits per heavy atom. The van der Waals surface area contributed by atoms with Gasteiger partial charge < -0.3 is 15.0 Å². The van der Waals surface area contributed by atoms with Gasteiger partial charge in [-0.05, 0) is 50.6 Å². The summed E-state index contributed by atoms with van der Waals surface area (Å²) in [5.41, 5.74) is 2.59. The van der Waals surface area contributed by atoms with E-state index in [9.17, 15) is 13.2 Å². The number of morpholine rings is 1. The monoisotopic (exact) mass is 417 g/mol. The van der Waals surface area contributed by atoms with E-state index >= 15 is 0 Å². The lowest BCUT2D eigenvalue weighted by Crippen LogP contribution is -2.45. The van der Waals surface area contributed by atoms with Gasteiger partial charge in [0, 0.05) is 25.7 Å². The fourth-order valence-electron chi connectivity index (χ4n) is 3.51. The average molecular weight is 418 g/mol. The lowest BCUT2D eigenvalue weighted by Gasteiger charge is -2.37. The van der Waals surface area contributed by atoms with E-state index in [0.29, 0.717) is 24.5 Å². The van der Waals surface area contributed by atoms with Gasteiger partial charge in [-0.1, -0.05) is 18.2 Å². The summed E-state index contributed by atoms with van der Waals surface area (Å²) in [6, 6.07) is 12.0. The highest BCUT2D eigenvalue weighted by molar-refractivity contribution is 7.92. The number of hydrogen-bond donors (Lipinski definition) is 2. The highest BCUT2D eigenvalue weighted by Gasteiger charge is 2.25. The minimum Gasteiger partial charge on any atom is -0.372 e. The number of hydrogen-bond acceptors (Lipinski definition) is 5. The van der Waals surface area contributed by atoms with Crippen LogP contribution in [-0.4, -0.2) is 39.6 Å². The molecule has 156 valence electrons. The number of rotatable bonds is 5. The predicted molar refractivity (Wildman–Crippen MR) is 115 cm³/mol. The van der Waals surface area contributed by atoms with Gasteiger partial charge in [-0.2, -0.15) is 0 Å². The number of sulfonamides is 1. The topological polar surface area (TPSA) is 87.7 Å². The molecule has 7 nitrogen and oxygen atoms in total. The molecule has 0 saturated carbocycles. The van der Waals surface area contributed by atoms with Crippen LogP contribution in [0, 0.1) is 6.92 Å². The standard InChI is InChI=1S/C21H27N3O4S/c1-14-9-10-18(11-20(14)22-17(4)25)29(26,27)23-19-7-5-6-8-21(19)24-12-15(2)28-16(3)13-24/h5-11,15-16,23H,12-13H2,1-4H3,(H,22,25). The second kappa shape index (κ2) is 8.42. The zero-order chi connectivity index (χ0) is 21.2. The van der Waals surface area contributed by atoms with Crippen molar-refractivity contribution in [3.8, 4) is 0 Å². The summed E-state index contributed by atoms with van der Waals surface area (Å²) >= 11 is 0. The summed E-state index contributed by atoms with van der Waals surface area (Å²) in [7, 11) is -3.84. The predicted octanol–water partition coefficient (Wildman–Crippen LogP) is 3.37. The zero-order valence-electron chi connectivity index (χ0n) is 17.1. The van der Waals surface area contributed by atoms with Crippen molar-refractivity contribution in [2.75, 3.05) is 28.0 Å². The molecule has 1 fully saturated rings. The molecule has 2 N–H and O–H groups in total. The van der Waals surface area contributed by atoms with Gasteiger partial charge in [0.25, 0.3) is 10.0 Å². The van der Waals surface area contributed by atoms with Crippen LogP contribution in [0.25, 0.3) is 0 Å². The van der Waals surface area contributed by atoms with Crippen molar-refractivity contribution in [2.45, 2.75) is 44.8 Å². The van der Waals surface area contributed by atoms with Crippen molar-refractivity contribution in [2.24, 2.45) is 0 Å². The Kier molecular flexibility index (Phi) is 6.14. The van der Waals surface area contributed by atoms with Crippen molar-refractivity contribution >= 4 is 33.0 Å². The van der Waals surface area contributed by atoms with Crippen molar-refractivity contribution in [1.82, 2.24) is 0 Å². The van der Waals surface area contributed by atoms with Crippen LogP contribution in [0.15, 0.2) is 47.4 Å². The Balaban J connectivity index is 1.91. The Labute approximate surface area is 172 Å². The number of carbonyl (C=O) groups excluding carboxylic acids is 1. The lowest BCUT2D eigenvalue weighted by molar-refractivity contribution is -0.114. The molecule has 0 radical (unpaired) electrons. The molecule has 8 heteroatoms. The fourth-order valence-corrected chi connectivity index (χ4v) is 4.61. The number of amides is 1. The number of nitrogens with one attached hydrogen (secondary N) is 2. The third-order valence-corrected chi connectivity index (χ3v) is 6.10. The maximum absolute atomic E-state index is 13.0. The van der Waals surface area contributed by atoms with Gasteiger partial charge >= 0.3 is 0 Å². The van der Waals surface area contributed by atoms with Crippen LogP contribution in [0.5, 0.6) is 0 Å². The molecular weight excluding hydrogens is 390 g/mol. The van der Waals surface area contributed by atoms with E-state index in [1.54, 1.807) is 18.2 Å². The minimum absolute atomic E-state index is 0.0562. The van der Waals surface area contributed by atoms with E-state index in [-0.39, 0.29) is 23.0 Å². The quantitative estimate of drug-likeness (QED) is 0.779. The summed E-state index contributed by atoms with van der Waals surface area (Å²) in [6.45, 7) is 8.57. The Morgan fingerprint density at radius 1 is 1.07 bits per heavy atom. The van der Waals surface area contributed by atoms with Gasteiger partial charge in [0.1, 0.15) is 0 Å². The highest BCUT2D eigenvalue weighted by atomic mass is 32.2. The number of nitrogens with zero attached hydrogens (tertiary/aromatic N) is 1. The second-order valence-electron chi connectivity index (χ2n) is 7.44. The van der Waals surface area contributed by atoms with Crippen molar-refractivity contribution < 1.29 is 17.9 Å². The Morgan fingerprint density at radius 3 is 2.38 bits per heavy atom. The van der Waals surface area contributed by atoms with Gasteiger partial charge in [0.05, 0.1) is 28.5 Å². The molecule has 1 amide bonds. The highest BCUT2D eigenvalue weighted by Crippen LogP contribution is 2.31. The number of para-hydroxylation sites is 2. The maximum atomic E-state index is 13.0. The van der Waals surface area contributed by atoms with Crippen LogP contribution >= 0.6 is 0 Å². The Hall–Kier alpha value is -2.58. The third-order valence-electron chi connectivity index (χ3n) is 4.74. The molecule has 1 saturated heterocycles. The van der Waals surface area contributed by atoms with Crippen molar-refractivity contribution in [3.05, 3.63) is 48.0 Å². The summed E-state index contributed by atoms with van der Waals surface area (Å²) in [5, 5.41) is 2.67. The molecular formula is C21H27N3O4S. The summed E-state index contributed by atoms with van der Waals surface area (Å²) < 4.78 is 34.6. The lowest BCUT2D eigenvalue weighted by atomic mass is 10.2. The first kappa shape index (κ1) is 21.1. The summed E-state index contributed by atoms with van der Waals surface area (Å²) in [6.07, 6.45) is 0.112. The van der Waals surface area contributed by atoms with Crippen molar-refractivity contribution in [1.29, 1.82) is 0 Å². The number of aryl methyl sites for hydroxylation is 1. The normalized spacial score (nSPS) is 19.7. The van der Waals surface area contributed by atoms with Crippen LogP contribution in [0.4, 0.5) is 17.1 Å². The van der Waals surface area contributed by atoms with Gasteiger partial charge in [0.2, 0.25) is 5.91 Å². The fraction of sp³-hybridized carbons (Fsp3) is 0.381. The molecule has 1 heterocycles. The molecule has 0 aliphatic carbocycles. The largest absolute Gasteiger partial charge is 0.372 e. The van der Waals surface area contributed by atoms with Crippen LogP contribution in [0.2, 0.25) is 0 Å². The number of anilines is 3. The number of carbonyl (C=O) groups is 1. The van der Waals surface area contributed by atoms with E-state index in [4.69, 9.17) is 4.74 Å². The molecule has 2 unspecified atom stereocenters. The van der Waals surface area contributed by atoms with Crippen LogP contribution in [-0.2, 0) is 19.6 Å². The summed E-state index contributed by atoms with van der Waals surface area (Å²) in [5.74, 6) is -0.253. The van der Waals surface area contributed by atoms with Gasteiger partial charge in [0.15, 0.2) is 0 Å². The molecule has 0 spiro atoms. The SMILES string of the molecule is CC(=O)Nc1cc(S(=O)(=O)Nc2ccccc2N2CC(C)OC(C)C2)ccc1C. The smallest absolute Gasteiger partial charge is 0.262 e. The molecule has 0 aromatic heterocycles. The first-order valence-electron chi connectivity index (χ1n) is 9.56. The first-order chi connectivity index (χ1) is 13.7. The third kappa shape index (κ3) is 5.07. The molecule has 0 bridgehead atoms. The maximum Gasteiger partial charge on any atom is 0.262 e. The number of benzene rings is 2. The van der Waals surface area contributed by atoms with E-state index in [2.05, 4.69) is 14.9 Å². The average Bonchev–Trinajstić information content (AvgIpc) is 2.62. The minimum atomic E-state index is -3.84. The van der Waals surface area contributed by atoms with Gasteiger partial charge in [-0.25, -0.2) is 8.42 Å². The van der Waals surface area contributed by atoms with Gasteiger partial charge in [-0.3, -0.25) is 9.52 Å². The molecule has 2 aromatic carbocycles. The molecule has 2 aromatic rings. The summed E-state index contributed by atoms with van der Waals surface area (Å²) in [4.78, 5) is 13.6.